The Kier molecular flexibility index (Phi) is 5.78. The van der Waals surface area contributed by atoms with Crippen molar-refractivity contribution < 1.29 is 4.79 Å². The smallest absolute Gasteiger partial charge is 0.238 e. The van der Waals surface area contributed by atoms with Gasteiger partial charge in [0, 0.05) is 21.6 Å². The highest BCUT2D eigenvalue weighted by atomic mass is 79.9. The number of hydrogen-bond acceptors (Lipinski definition) is 4. The zero-order valence-corrected chi connectivity index (χ0v) is 14.2. The molecule has 1 amide bonds. The molecule has 0 fully saturated rings. The normalized spacial score (nSPS) is 10.8. The molecule has 2 rings (SSSR count). The van der Waals surface area contributed by atoms with Gasteiger partial charge in [-0.25, -0.2) is 0 Å². The third kappa shape index (κ3) is 4.84. The zero-order chi connectivity index (χ0) is 15.2. The highest BCUT2D eigenvalue weighted by molar-refractivity contribution is 9.10. The zero-order valence-electron chi connectivity index (χ0n) is 11.8. The number of halogens is 1. The molecule has 3 N–H and O–H groups in total. The summed E-state index contributed by atoms with van der Waals surface area (Å²) in [4.78, 5) is 15.5. The van der Waals surface area contributed by atoms with Gasteiger partial charge in [0.05, 0.1) is 12.2 Å². The van der Waals surface area contributed by atoms with Crippen LogP contribution in [0.25, 0.3) is 0 Å². The molecule has 2 aromatic rings. The van der Waals surface area contributed by atoms with Crippen LogP contribution >= 0.6 is 27.3 Å². The van der Waals surface area contributed by atoms with Gasteiger partial charge < -0.3 is 11.1 Å². The lowest BCUT2D eigenvalue weighted by molar-refractivity contribution is -0.117. The van der Waals surface area contributed by atoms with E-state index in [4.69, 9.17) is 5.73 Å². The van der Waals surface area contributed by atoms with Crippen LogP contribution in [0.4, 0.5) is 11.4 Å². The maximum atomic E-state index is 12.1. The molecular formula is C15H18BrN3OS. The van der Waals surface area contributed by atoms with E-state index in [1.54, 1.807) is 29.5 Å². The number of carbonyl (C=O) groups is 1. The standard InChI is InChI=1S/C15H18BrN3OS/c1-2-19(9-12-4-3-7-21-12)10-15(20)18-14-6-5-11(17)8-13(14)16/h3-8H,2,9-10,17H2,1H3,(H,18,20). The van der Waals surface area contributed by atoms with Crippen LogP contribution in [0, 0.1) is 0 Å². The lowest BCUT2D eigenvalue weighted by Gasteiger charge is -2.19. The number of nitrogens with two attached hydrogens (primary N) is 1. The second kappa shape index (κ2) is 7.59. The number of likely N-dealkylation sites (N-methyl/N-ethyl adjacent to an activating group) is 1. The topological polar surface area (TPSA) is 58.4 Å². The Balaban J connectivity index is 1.93. The number of nitrogen functional groups attached to an aromatic ring is 1. The minimum absolute atomic E-state index is 0.0288. The molecule has 0 aliphatic rings. The first kappa shape index (κ1) is 16.0. The Morgan fingerprint density at radius 1 is 1.43 bits per heavy atom. The molecule has 0 aliphatic heterocycles. The van der Waals surface area contributed by atoms with Crippen molar-refractivity contribution in [1.29, 1.82) is 0 Å². The molecule has 0 saturated carbocycles. The van der Waals surface area contributed by atoms with Crippen molar-refractivity contribution in [2.45, 2.75) is 13.5 Å². The van der Waals surface area contributed by atoms with Crippen LogP contribution in [0.2, 0.25) is 0 Å². The van der Waals surface area contributed by atoms with Crippen LogP contribution in [0.1, 0.15) is 11.8 Å². The van der Waals surface area contributed by atoms with Crippen molar-refractivity contribution in [1.82, 2.24) is 4.90 Å². The molecule has 4 nitrogen and oxygen atoms in total. The average molecular weight is 368 g/mol. The highest BCUT2D eigenvalue weighted by Gasteiger charge is 2.11. The van der Waals surface area contributed by atoms with Crippen molar-refractivity contribution in [3.8, 4) is 0 Å². The summed E-state index contributed by atoms with van der Waals surface area (Å²) in [6, 6.07) is 9.45. The summed E-state index contributed by atoms with van der Waals surface area (Å²) in [7, 11) is 0. The van der Waals surface area contributed by atoms with Crippen LogP contribution in [0.5, 0.6) is 0 Å². The molecule has 21 heavy (non-hydrogen) atoms. The van der Waals surface area contributed by atoms with Gasteiger partial charge in [-0.05, 0) is 52.1 Å². The van der Waals surface area contributed by atoms with Crippen LogP contribution < -0.4 is 11.1 Å². The molecule has 112 valence electrons. The van der Waals surface area contributed by atoms with Crippen molar-refractivity contribution in [2.75, 3.05) is 24.1 Å². The lowest BCUT2D eigenvalue weighted by atomic mass is 10.3. The van der Waals surface area contributed by atoms with E-state index in [2.05, 4.69) is 44.5 Å². The summed E-state index contributed by atoms with van der Waals surface area (Å²) in [5, 5.41) is 4.95. The molecule has 0 spiro atoms. The van der Waals surface area contributed by atoms with Gasteiger partial charge >= 0.3 is 0 Å². The fourth-order valence-electron chi connectivity index (χ4n) is 1.93. The largest absolute Gasteiger partial charge is 0.399 e. The van der Waals surface area contributed by atoms with Gasteiger partial charge in [0.1, 0.15) is 0 Å². The molecule has 0 aliphatic carbocycles. The number of hydrogen-bond donors (Lipinski definition) is 2. The SMILES string of the molecule is CCN(CC(=O)Nc1ccc(N)cc1Br)Cc1cccs1. The van der Waals surface area contributed by atoms with Crippen molar-refractivity contribution in [3.05, 3.63) is 45.1 Å². The molecule has 1 heterocycles. The Bertz CT molecular complexity index is 601. The minimum atomic E-state index is -0.0288. The molecule has 1 aromatic carbocycles. The number of benzene rings is 1. The number of amides is 1. The van der Waals surface area contributed by atoms with Gasteiger partial charge in [0.25, 0.3) is 0 Å². The lowest BCUT2D eigenvalue weighted by Crippen LogP contribution is -2.32. The van der Waals surface area contributed by atoms with Crippen LogP contribution in [0.3, 0.4) is 0 Å². The summed E-state index contributed by atoms with van der Waals surface area (Å²) in [6.45, 7) is 4.05. The number of nitrogens with one attached hydrogen (secondary N) is 1. The Labute approximate surface area is 137 Å². The Morgan fingerprint density at radius 3 is 2.86 bits per heavy atom. The van der Waals surface area contributed by atoms with E-state index in [9.17, 15) is 4.79 Å². The third-order valence-corrected chi connectivity index (χ3v) is 4.56. The summed E-state index contributed by atoms with van der Waals surface area (Å²) in [5.74, 6) is -0.0288. The summed E-state index contributed by atoms with van der Waals surface area (Å²) >= 11 is 5.11. The quantitative estimate of drug-likeness (QED) is 0.767. The van der Waals surface area contributed by atoms with Gasteiger partial charge in [0.15, 0.2) is 0 Å². The first-order valence-electron chi connectivity index (χ1n) is 6.68. The maximum absolute atomic E-state index is 12.1. The average Bonchev–Trinajstić information content (AvgIpc) is 2.94. The number of rotatable bonds is 6. The van der Waals surface area contributed by atoms with E-state index >= 15 is 0 Å². The molecule has 0 atom stereocenters. The van der Waals surface area contributed by atoms with E-state index < -0.39 is 0 Å². The molecule has 0 radical (unpaired) electrons. The Morgan fingerprint density at radius 2 is 2.24 bits per heavy atom. The molecular weight excluding hydrogens is 350 g/mol. The van der Waals surface area contributed by atoms with Crippen LogP contribution in [-0.2, 0) is 11.3 Å². The fraction of sp³-hybridized carbons (Fsp3) is 0.267. The summed E-state index contributed by atoms with van der Waals surface area (Å²) < 4.78 is 0.789. The Hall–Kier alpha value is -1.37. The molecule has 0 unspecified atom stereocenters. The summed E-state index contributed by atoms with van der Waals surface area (Å²) in [5.41, 5.74) is 7.08. The monoisotopic (exact) mass is 367 g/mol. The van der Waals surface area contributed by atoms with Gasteiger partial charge in [-0.15, -0.1) is 11.3 Å². The molecule has 6 heteroatoms. The first-order valence-corrected chi connectivity index (χ1v) is 8.35. The number of nitrogens with zero attached hydrogens (tertiary/aromatic N) is 1. The van der Waals surface area contributed by atoms with E-state index in [0.29, 0.717) is 12.2 Å². The van der Waals surface area contributed by atoms with Crippen LogP contribution in [0.15, 0.2) is 40.2 Å². The highest BCUT2D eigenvalue weighted by Crippen LogP contribution is 2.24. The minimum Gasteiger partial charge on any atom is -0.399 e. The first-order chi connectivity index (χ1) is 10.1. The number of anilines is 2. The van der Waals surface area contributed by atoms with Crippen molar-refractivity contribution in [3.63, 3.8) is 0 Å². The molecule has 0 saturated heterocycles. The van der Waals surface area contributed by atoms with Crippen LogP contribution in [-0.4, -0.2) is 23.9 Å². The van der Waals surface area contributed by atoms with Gasteiger partial charge in [-0.1, -0.05) is 13.0 Å². The second-order valence-electron chi connectivity index (χ2n) is 4.67. The van der Waals surface area contributed by atoms with Gasteiger partial charge in [-0.3, -0.25) is 9.69 Å². The fourth-order valence-corrected chi connectivity index (χ4v) is 3.17. The van der Waals surface area contributed by atoms with E-state index in [1.807, 2.05) is 6.07 Å². The summed E-state index contributed by atoms with van der Waals surface area (Å²) in [6.07, 6.45) is 0. The van der Waals surface area contributed by atoms with Gasteiger partial charge in [0.2, 0.25) is 5.91 Å². The van der Waals surface area contributed by atoms with E-state index in [-0.39, 0.29) is 5.91 Å². The van der Waals surface area contributed by atoms with E-state index in [1.165, 1.54) is 4.88 Å². The number of carbonyl (C=O) groups excluding carboxylic acids is 1. The van der Waals surface area contributed by atoms with E-state index in [0.717, 1.165) is 23.2 Å². The van der Waals surface area contributed by atoms with Gasteiger partial charge in [-0.2, -0.15) is 0 Å². The van der Waals surface area contributed by atoms with Crippen molar-refractivity contribution >= 4 is 44.5 Å². The third-order valence-electron chi connectivity index (χ3n) is 3.04. The predicted octanol–water partition coefficient (Wildman–Crippen LogP) is 3.55. The van der Waals surface area contributed by atoms with Crippen molar-refractivity contribution in [2.24, 2.45) is 0 Å². The second-order valence-corrected chi connectivity index (χ2v) is 6.56. The maximum Gasteiger partial charge on any atom is 0.238 e. The number of thiophene rings is 1. The molecule has 1 aromatic heterocycles. The molecule has 0 bridgehead atoms. The predicted molar refractivity (Wildman–Crippen MR) is 92.5 cm³/mol.